The number of hydrogen-bond donors (Lipinski definition) is 0. The lowest BCUT2D eigenvalue weighted by atomic mass is 10.1. The van der Waals surface area contributed by atoms with Gasteiger partial charge in [-0.05, 0) is 11.5 Å². The normalized spacial score (nSPS) is 11.5. The molecule has 1 heteroatoms. The zero-order valence-electron chi connectivity index (χ0n) is 5.08. The van der Waals surface area contributed by atoms with Crippen LogP contribution in [0, 0.1) is 11.5 Å². The molecule has 37 valence electrons. The molecule has 0 spiro atoms. The summed E-state index contributed by atoms with van der Waals surface area (Å²) in [6.07, 6.45) is 0. The van der Waals surface area contributed by atoms with Gasteiger partial charge in [-0.3, -0.25) is 0 Å². The topological polar surface area (TPSA) is 0 Å². The Balaban J connectivity index is 2.99. The lowest BCUT2D eigenvalue weighted by molar-refractivity contribution is 0.733. The van der Waals surface area contributed by atoms with Crippen molar-refractivity contribution < 1.29 is 0 Å². The Labute approximate surface area is 43.4 Å². The van der Waals surface area contributed by atoms with Crippen LogP contribution in [0.2, 0.25) is 0 Å². The quantitative estimate of drug-likeness (QED) is 0.423. The maximum Gasteiger partial charge on any atom is 0.0109 e. The van der Waals surface area contributed by atoms with Crippen molar-refractivity contribution in [2.45, 2.75) is 20.8 Å². The van der Waals surface area contributed by atoms with Crippen LogP contribution in [-0.2, 0) is 0 Å². The Morgan fingerprint density at radius 3 is 1.67 bits per heavy atom. The molecular weight excluding hydrogens is 88.1 g/mol. The molecule has 0 aromatic carbocycles. The predicted molar refractivity (Wildman–Crippen MR) is 33.7 cm³/mol. The van der Waals surface area contributed by atoms with E-state index in [-0.39, 0.29) is 0 Å². The first-order valence-corrected chi connectivity index (χ1v) is 3.44. The van der Waals surface area contributed by atoms with Crippen LogP contribution in [0.4, 0.5) is 0 Å². The van der Waals surface area contributed by atoms with E-state index in [1.165, 1.54) is 10.2 Å². The van der Waals surface area contributed by atoms with Crippen molar-refractivity contribution in [2.24, 2.45) is 5.92 Å². The highest BCUT2D eigenvalue weighted by molar-refractivity contribution is 6.18. The summed E-state index contributed by atoms with van der Waals surface area (Å²) < 4.78 is 0. The molecule has 0 amide bonds. The van der Waals surface area contributed by atoms with Crippen LogP contribution >= 0.6 is 0 Å². The van der Waals surface area contributed by atoms with Gasteiger partial charge in [0.15, 0.2) is 0 Å². The van der Waals surface area contributed by atoms with Crippen LogP contribution < -0.4 is 0 Å². The molecule has 0 fully saturated rings. The molecule has 0 bridgehead atoms. The average Bonchev–Trinajstić information content (AvgIpc) is 1.36. The van der Waals surface area contributed by atoms with Gasteiger partial charge < -0.3 is 0 Å². The van der Waals surface area contributed by atoms with Crippen molar-refractivity contribution >= 4 is 10.2 Å². The lowest BCUT2D eigenvalue weighted by Crippen LogP contribution is -1.98. The van der Waals surface area contributed by atoms with Crippen molar-refractivity contribution in [3.05, 3.63) is 5.54 Å². The molecular formula is C5H13Si. The van der Waals surface area contributed by atoms with E-state index in [0.717, 1.165) is 5.92 Å². The van der Waals surface area contributed by atoms with Crippen molar-refractivity contribution in [2.75, 3.05) is 0 Å². The minimum Gasteiger partial charge on any atom is -0.0626 e. The Morgan fingerprint density at radius 1 is 1.50 bits per heavy atom. The molecule has 0 heterocycles. The molecule has 0 aliphatic rings. The smallest absolute Gasteiger partial charge is 0.0109 e. The molecule has 0 saturated heterocycles. The third-order valence-corrected chi connectivity index (χ3v) is 2.31. The van der Waals surface area contributed by atoms with Crippen LogP contribution in [-0.4, -0.2) is 10.2 Å². The van der Waals surface area contributed by atoms with Gasteiger partial charge in [0.1, 0.15) is 0 Å². The summed E-state index contributed by atoms with van der Waals surface area (Å²) in [4.78, 5) is 0. The maximum absolute atomic E-state index is 2.24. The van der Waals surface area contributed by atoms with Crippen molar-refractivity contribution in [3.63, 3.8) is 0 Å². The van der Waals surface area contributed by atoms with E-state index in [4.69, 9.17) is 0 Å². The minimum atomic E-state index is 0.830. The first kappa shape index (κ1) is 6.22. The Kier molecular flexibility index (Phi) is 2.49. The third-order valence-electron chi connectivity index (χ3n) is 1.15. The molecule has 0 aliphatic carbocycles. The van der Waals surface area contributed by atoms with E-state index in [1.54, 1.807) is 5.54 Å². The zero-order chi connectivity index (χ0) is 5.15. The van der Waals surface area contributed by atoms with E-state index < -0.39 is 0 Å². The van der Waals surface area contributed by atoms with Gasteiger partial charge in [-0.25, -0.2) is 0 Å². The monoisotopic (exact) mass is 101 g/mol. The Morgan fingerprint density at radius 2 is 1.67 bits per heavy atom. The van der Waals surface area contributed by atoms with Gasteiger partial charge in [0.2, 0.25) is 0 Å². The van der Waals surface area contributed by atoms with Crippen LogP contribution in [0.15, 0.2) is 0 Å². The van der Waals surface area contributed by atoms with Crippen LogP contribution in [0.25, 0.3) is 0 Å². The largest absolute Gasteiger partial charge is 0.0626 e. The second-order valence-corrected chi connectivity index (χ2v) is 3.81. The summed E-state index contributed by atoms with van der Waals surface area (Å²) in [5, 5.41) is 0. The highest BCUT2D eigenvalue weighted by Crippen LogP contribution is 2.04. The molecule has 0 atom stereocenters. The summed E-state index contributed by atoms with van der Waals surface area (Å²) in [6.45, 7) is 6.70. The van der Waals surface area contributed by atoms with Crippen LogP contribution in [0.3, 0.4) is 0 Å². The van der Waals surface area contributed by atoms with E-state index in [1.807, 2.05) is 0 Å². The van der Waals surface area contributed by atoms with Gasteiger partial charge in [-0.1, -0.05) is 20.8 Å². The third kappa shape index (κ3) is 2.45. The minimum absolute atomic E-state index is 0.830. The molecule has 0 saturated carbocycles. The molecule has 0 N–H and O–H groups in total. The molecule has 0 rings (SSSR count). The van der Waals surface area contributed by atoms with E-state index >= 15 is 0 Å². The summed E-state index contributed by atoms with van der Waals surface area (Å²) in [7, 11) is 1.27. The summed E-state index contributed by atoms with van der Waals surface area (Å²) in [5.41, 5.74) is 1.65. The zero-order valence-corrected chi connectivity index (χ0v) is 7.08. The molecule has 6 heavy (non-hydrogen) atoms. The second kappa shape index (κ2) is 2.40. The van der Waals surface area contributed by atoms with E-state index in [9.17, 15) is 0 Å². The van der Waals surface area contributed by atoms with E-state index in [2.05, 4.69) is 20.8 Å². The van der Waals surface area contributed by atoms with Crippen molar-refractivity contribution in [1.29, 1.82) is 0 Å². The Hall–Kier alpha value is 0.217. The van der Waals surface area contributed by atoms with Crippen LogP contribution in [0.1, 0.15) is 20.8 Å². The van der Waals surface area contributed by atoms with Gasteiger partial charge in [-0.2, -0.15) is 0 Å². The Bertz CT molecular complexity index is 24.9. The van der Waals surface area contributed by atoms with E-state index in [0.29, 0.717) is 0 Å². The fourth-order valence-electron chi connectivity index (χ4n) is 0. The van der Waals surface area contributed by atoms with Gasteiger partial charge in [0, 0.05) is 10.2 Å². The SMILES string of the molecule is C[C]([SiH3])C(C)C. The first-order chi connectivity index (χ1) is 2.64. The molecule has 1 radical (unpaired) electrons. The highest BCUT2D eigenvalue weighted by Gasteiger charge is 1.96. The predicted octanol–water partition coefficient (Wildman–Crippen LogP) is 0.560. The van der Waals surface area contributed by atoms with Gasteiger partial charge in [-0.15, -0.1) is 0 Å². The molecule has 0 unspecified atom stereocenters. The summed E-state index contributed by atoms with van der Waals surface area (Å²) in [5.74, 6) is 0.830. The number of hydrogen-bond acceptors (Lipinski definition) is 0. The van der Waals surface area contributed by atoms with Gasteiger partial charge >= 0.3 is 0 Å². The maximum atomic E-state index is 2.24. The van der Waals surface area contributed by atoms with Crippen LogP contribution in [0.5, 0.6) is 0 Å². The first-order valence-electron chi connectivity index (χ1n) is 2.44. The van der Waals surface area contributed by atoms with Gasteiger partial charge in [0.05, 0.1) is 0 Å². The summed E-state index contributed by atoms with van der Waals surface area (Å²) in [6, 6.07) is 0. The standard InChI is InChI=1S/C5H13Si/c1-4(2)5(3)6/h4H,1-3,6H3. The summed E-state index contributed by atoms with van der Waals surface area (Å²) >= 11 is 0. The second-order valence-electron chi connectivity index (χ2n) is 2.23. The number of rotatable bonds is 1. The highest BCUT2D eigenvalue weighted by atomic mass is 28.1. The molecule has 0 aliphatic heterocycles. The average molecular weight is 101 g/mol. The molecule has 0 nitrogen and oxygen atoms in total. The fourth-order valence-corrected chi connectivity index (χ4v) is 0. The lowest BCUT2D eigenvalue weighted by Gasteiger charge is -2.04. The van der Waals surface area contributed by atoms with Gasteiger partial charge in [0.25, 0.3) is 0 Å². The fraction of sp³-hybridized carbons (Fsp3) is 0.800. The molecule has 0 aromatic rings. The molecule has 0 aromatic heterocycles. The van der Waals surface area contributed by atoms with Crippen molar-refractivity contribution in [3.8, 4) is 0 Å². The van der Waals surface area contributed by atoms with Crippen molar-refractivity contribution in [1.82, 2.24) is 0 Å².